The zero-order valence-corrected chi connectivity index (χ0v) is 11.7. The molecule has 0 amide bonds. The molecule has 0 radical (unpaired) electrons. The molecular formula is C13H17N5O2. The topological polar surface area (TPSA) is 85.0 Å². The summed E-state index contributed by atoms with van der Waals surface area (Å²) in [5.74, 6) is 0. The van der Waals surface area contributed by atoms with E-state index in [1.54, 1.807) is 4.68 Å². The second-order valence-electron chi connectivity index (χ2n) is 4.48. The van der Waals surface area contributed by atoms with E-state index in [9.17, 15) is 10.1 Å². The highest BCUT2D eigenvalue weighted by molar-refractivity contribution is 5.69. The third-order valence-electron chi connectivity index (χ3n) is 2.80. The lowest BCUT2D eigenvalue weighted by Crippen LogP contribution is -2.00. The molecule has 1 aromatic carbocycles. The monoisotopic (exact) mass is 275 g/mol. The maximum Gasteiger partial charge on any atom is 0.273 e. The molecule has 106 valence electrons. The Kier molecular flexibility index (Phi) is 3.88. The van der Waals surface area contributed by atoms with Crippen molar-refractivity contribution in [2.24, 2.45) is 7.05 Å². The van der Waals surface area contributed by atoms with Gasteiger partial charge in [0.2, 0.25) is 0 Å². The van der Waals surface area contributed by atoms with Crippen molar-refractivity contribution in [2.45, 2.75) is 13.8 Å². The zero-order valence-electron chi connectivity index (χ0n) is 11.7. The highest BCUT2D eigenvalue weighted by Crippen LogP contribution is 2.27. The van der Waals surface area contributed by atoms with E-state index in [0.717, 1.165) is 11.4 Å². The number of hydrogen-bond acceptors (Lipinski definition) is 5. The summed E-state index contributed by atoms with van der Waals surface area (Å²) >= 11 is 0. The quantitative estimate of drug-likeness (QED) is 0.647. The largest absolute Gasteiger partial charge is 0.385 e. The lowest BCUT2D eigenvalue weighted by molar-refractivity contribution is -0.384. The van der Waals surface area contributed by atoms with Gasteiger partial charge >= 0.3 is 0 Å². The van der Waals surface area contributed by atoms with Gasteiger partial charge in [0.25, 0.3) is 5.69 Å². The van der Waals surface area contributed by atoms with Crippen LogP contribution in [0.3, 0.4) is 0 Å². The van der Waals surface area contributed by atoms with Crippen molar-refractivity contribution >= 4 is 22.7 Å². The molecule has 0 bridgehead atoms. The van der Waals surface area contributed by atoms with Crippen LogP contribution in [0.15, 0.2) is 24.4 Å². The number of aromatic nitrogens is 2. The van der Waals surface area contributed by atoms with Crippen LogP contribution in [0.4, 0.5) is 22.7 Å². The molecule has 2 rings (SSSR count). The van der Waals surface area contributed by atoms with Crippen molar-refractivity contribution in [2.75, 3.05) is 17.2 Å². The molecule has 20 heavy (non-hydrogen) atoms. The van der Waals surface area contributed by atoms with Gasteiger partial charge in [0.05, 0.1) is 16.3 Å². The van der Waals surface area contributed by atoms with Gasteiger partial charge in [-0.25, -0.2) is 0 Å². The Hall–Kier alpha value is -2.57. The predicted octanol–water partition coefficient (Wildman–Crippen LogP) is 2.81. The van der Waals surface area contributed by atoms with E-state index in [1.807, 2.05) is 33.2 Å². The SMILES string of the molecule is CCNc1cc(Nc2cn(C)nc2C)cc([N+](=O)[O-])c1. The third kappa shape index (κ3) is 3.05. The number of benzene rings is 1. The van der Waals surface area contributed by atoms with Crippen LogP contribution >= 0.6 is 0 Å². The second kappa shape index (κ2) is 5.60. The molecule has 0 saturated heterocycles. The van der Waals surface area contributed by atoms with Crippen LogP contribution in [-0.4, -0.2) is 21.2 Å². The average Bonchev–Trinajstić information content (AvgIpc) is 2.68. The van der Waals surface area contributed by atoms with E-state index in [4.69, 9.17) is 0 Å². The van der Waals surface area contributed by atoms with Gasteiger partial charge in [0.1, 0.15) is 0 Å². The number of rotatable bonds is 5. The lowest BCUT2D eigenvalue weighted by atomic mass is 10.2. The fourth-order valence-electron chi connectivity index (χ4n) is 1.97. The molecule has 2 aromatic rings. The van der Waals surface area contributed by atoms with Gasteiger partial charge in [-0.2, -0.15) is 5.10 Å². The van der Waals surface area contributed by atoms with Gasteiger partial charge in [-0.15, -0.1) is 0 Å². The van der Waals surface area contributed by atoms with Gasteiger partial charge in [-0.1, -0.05) is 0 Å². The Labute approximate surface area is 116 Å². The molecule has 0 fully saturated rings. The predicted molar refractivity (Wildman–Crippen MR) is 78.5 cm³/mol. The van der Waals surface area contributed by atoms with Crippen LogP contribution in [0, 0.1) is 17.0 Å². The number of aryl methyl sites for hydroxylation is 2. The number of nitro groups is 1. The van der Waals surface area contributed by atoms with E-state index >= 15 is 0 Å². The molecule has 7 heteroatoms. The Morgan fingerprint density at radius 1 is 1.35 bits per heavy atom. The van der Waals surface area contributed by atoms with Crippen molar-refractivity contribution < 1.29 is 4.92 Å². The molecular weight excluding hydrogens is 258 g/mol. The zero-order chi connectivity index (χ0) is 14.7. The molecule has 0 unspecified atom stereocenters. The standard InChI is InChI=1S/C13H17N5O2/c1-4-14-10-5-11(7-12(6-10)18(19)20)15-13-8-17(3)16-9(13)2/h5-8,14-15H,4H2,1-3H3. The molecule has 0 aliphatic rings. The summed E-state index contributed by atoms with van der Waals surface area (Å²) in [4.78, 5) is 10.6. The van der Waals surface area contributed by atoms with Crippen LogP contribution in [0.2, 0.25) is 0 Å². The minimum atomic E-state index is -0.401. The summed E-state index contributed by atoms with van der Waals surface area (Å²) in [6.07, 6.45) is 1.83. The summed E-state index contributed by atoms with van der Waals surface area (Å²) in [6.45, 7) is 4.52. The molecule has 1 heterocycles. The van der Waals surface area contributed by atoms with E-state index in [0.29, 0.717) is 17.9 Å². The summed E-state index contributed by atoms with van der Waals surface area (Å²) < 4.78 is 1.69. The Morgan fingerprint density at radius 3 is 2.60 bits per heavy atom. The molecule has 0 aliphatic heterocycles. The first-order valence-corrected chi connectivity index (χ1v) is 6.30. The number of nitrogens with one attached hydrogen (secondary N) is 2. The smallest absolute Gasteiger partial charge is 0.273 e. The highest BCUT2D eigenvalue weighted by Gasteiger charge is 2.11. The van der Waals surface area contributed by atoms with Crippen LogP contribution in [0.5, 0.6) is 0 Å². The first-order valence-electron chi connectivity index (χ1n) is 6.30. The minimum absolute atomic E-state index is 0.0486. The molecule has 7 nitrogen and oxygen atoms in total. The molecule has 0 atom stereocenters. The van der Waals surface area contributed by atoms with E-state index in [1.165, 1.54) is 12.1 Å². The molecule has 0 spiro atoms. The van der Waals surface area contributed by atoms with Crippen molar-refractivity contribution in [3.8, 4) is 0 Å². The molecule has 0 saturated carbocycles. The normalized spacial score (nSPS) is 10.3. The van der Waals surface area contributed by atoms with Crippen molar-refractivity contribution in [1.82, 2.24) is 9.78 Å². The number of anilines is 3. The van der Waals surface area contributed by atoms with Gasteiger partial charge in [0, 0.05) is 43.3 Å². The van der Waals surface area contributed by atoms with Crippen LogP contribution in [-0.2, 0) is 7.05 Å². The lowest BCUT2D eigenvalue weighted by Gasteiger charge is -2.08. The second-order valence-corrected chi connectivity index (χ2v) is 4.48. The number of nitrogens with zero attached hydrogens (tertiary/aromatic N) is 3. The van der Waals surface area contributed by atoms with E-state index in [2.05, 4.69) is 15.7 Å². The van der Waals surface area contributed by atoms with Gasteiger partial charge in [-0.05, 0) is 19.9 Å². The summed E-state index contributed by atoms with van der Waals surface area (Å²) in [5, 5.41) is 21.4. The summed E-state index contributed by atoms with van der Waals surface area (Å²) in [7, 11) is 1.83. The third-order valence-corrected chi connectivity index (χ3v) is 2.80. The Morgan fingerprint density at radius 2 is 2.05 bits per heavy atom. The average molecular weight is 275 g/mol. The van der Waals surface area contributed by atoms with Gasteiger partial charge in [-0.3, -0.25) is 14.8 Å². The van der Waals surface area contributed by atoms with Gasteiger partial charge in [0.15, 0.2) is 0 Å². The van der Waals surface area contributed by atoms with Gasteiger partial charge < -0.3 is 10.6 Å². The van der Waals surface area contributed by atoms with Crippen molar-refractivity contribution in [3.05, 3.63) is 40.2 Å². The molecule has 0 aliphatic carbocycles. The Balaban J connectivity index is 2.35. The first-order chi connectivity index (χ1) is 9.49. The Bertz CT molecular complexity index is 636. The van der Waals surface area contributed by atoms with Crippen molar-refractivity contribution in [3.63, 3.8) is 0 Å². The fraction of sp³-hybridized carbons (Fsp3) is 0.308. The van der Waals surface area contributed by atoms with Crippen LogP contribution in [0.1, 0.15) is 12.6 Å². The number of non-ortho nitro benzene ring substituents is 1. The van der Waals surface area contributed by atoms with E-state index < -0.39 is 4.92 Å². The van der Waals surface area contributed by atoms with Crippen molar-refractivity contribution in [1.29, 1.82) is 0 Å². The highest BCUT2D eigenvalue weighted by atomic mass is 16.6. The minimum Gasteiger partial charge on any atom is -0.385 e. The molecule has 2 N–H and O–H groups in total. The van der Waals surface area contributed by atoms with Crippen LogP contribution in [0.25, 0.3) is 0 Å². The first kappa shape index (κ1) is 13.9. The maximum absolute atomic E-state index is 11.0. The fourth-order valence-corrected chi connectivity index (χ4v) is 1.97. The number of nitro benzene ring substituents is 1. The number of hydrogen-bond donors (Lipinski definition) is 2. The van der Waals surface area contributed by atoms with Crippen LogP contribution < -0.4 is 10.6 Å². The summed E-state index contributed by atoms with van der Waals surface area (Å²) in [5.41, 5.74) is 3.09. The molecule has 1 aromatic heterocycles. The maximum atomic E-state index is 11.0. The summed E-state index contributed by atoms with van der Waals surface area (Å²) in [6, 6.07) is 4.86. The van der Waals surface area contributed by atoms with E-state index in [-0.39, 0.29) is 5.69 Å².